The zero-order chi connectivity index (χ0) is 8.53. The van der Waals surface area contributed by atoms with Crippen molar-refractivity contribution in [2.45, 2.75) is 0 Å². The summed E-state index contributed by atoms with van der Waals surface area (Å²) in [4.78, 5) is 10.4. The molecule has 0 saturated heterocycles. The molecule has 0 atom stereocenters. The highest BCUT2D eigenvalue weighted by Gasteiger charge is 1.91. The second kappa shape index (κ2) is 6.67. The Labute approximate surface area is 66.1 Å². The van der Waals surface area contributed by atoms with Crippen molar-refractivity contribution in [2.75, 3.05) is 19.8 Å². The number of nitrogens with one attached hydrogen (secondary N) is 1. The first-order valence-electron chi connectivity index (χ1n) is 3.07. The van der Waals surface area contributed by atoms with Gasteiger partial charge in [0, 0.05) is 6.54 Å². The summed E-state index contributed by atoms with van der Waals surface area (Å²) < 4.78 is 4.86. The molecule has 0 spiro atoms. The summed E-state index contributed by atoms with van der Waals surface area (Å²) in [5.74, 6) is 3.77. The largest absolute Gasteiger partial charge is 0.367 e. The summed E-state index contributed by atoms with van der Waals surface area (Å²) in [5, 5.41) is 2.42. The van der Waals surface area contributed by atoms with Gasteiger partial charge in [-0.2, -0.15) is 0 Å². The fourth-order valence-corrected chi connectivity index (χ4v) is 0.419. The fraction of sp³-hybridized carbons (Fsp3) is 0.375. The minimum Gasteiger partial charge on any atom is -0.367 e. The van der Waals surface area contributed by atoms with E-state index in [1.807, 2.05) is 5.92 Å². The van der Waals surface area contributed by atoms with Crippen molar-refractivity contribution in [1.29, 1.82) is 0 Å². The standard InChI is InChI=1S/C8H9NO2/c1-3-6-11-7-5-9-8(10)4-2/h1-2H,5-7H2,(H,9,10). The predicted molar refractivity (Wildman–Crippen MR) is 41.5 cm³/mol. The van der Waals surface area contributed by atoms with Gasteiger partial charge in [0.2, 0.25) is 0 Å². The number of amides is 1. The third-order valence-corrected chi connectivity index (χ3v) is 0.848. The average molecular weight is 151 g/mol. The van der Waals surface area contributed by atoms with Gasteiger partial charge in [0.25, 0.3) is 5.91 Å². The van der Waals surface area contributed by atoms with Crippen LogP contribution in [0.2, 0.25) is 0 Å². The van der Waals surface area contributed by atoms with Crippen molar-refractivity contribution in [1.82, 2.24) is 5.32 Å². The van der Waals surface area contributed by atoms with Gasteiger partial charge in [-0.1, -0.05) is 5.92 Å². The van der Waals surface area contributed by atoms with Crippen molar-refractivity contribution < 1.29 is 9.53 Å². The van der Waals surface area contributed by atoms with Crippen molar-refractivity contribution in [3.05, 3.63) is 0 Å². The molecule has 58 valence electrons. The topological polar surface area (TPSA) is 38.3 Å². The lowest BCUT2D eigenvalue weighted by Crippen LogP contribution is -2.25. The highest BCUT2D eigenvalue weighted by atomic mass is 16.5. The Bertz CT molecular complexity index is 197. The monoisotopic (exact) mass is 151 g/mol. The molecule has 0 rings (SSSR count). The molecular formula is C8H9NO2. The van der Waals surface area contributed by atoms with Crippen LogP contribution in [0, 0.1) is 24.7 Å². The molecule has 0 aliphatic heterocycles. The van der Waals surface area contributed by atoms with E-state index in [0.717, 1.165) is 0 Å². The van der Waals surface area contributed by atoms with Gasteiger partial charge in [-0.05, 0) is 5.92 Å². The van der Waals surface area contributed by atoms with E-state index in [4.69, 9.17) is 17.6 Å². The van der Waals surface area contributed by atoms with Crippen molar-refractivity contribution in [3.63, 3.8) is 0 Å². The zero-order valence-electron chi connectivity index (χ0n) is 6.09. The van der Waals surface area contributed by atoms with E-state index in [2.05, 4.69) is 11.2 Å². The lowest BCUT2D eigenvalue weighted by Gasteiger charge is -1.99. The Morgan fingerprint density at radius 2 is 2.27 bits per heavy atom. The van der Waals surface area contributed by atoms with E-state index in [1.54, 1.807) is 0 Å². The van der Waals surface area contributed by atoms with Gasteiger partial charge in [0.1, 0.15) is 6.61 Å². The molecule has 0 aromatic carbocycles. The van der Waals surface area contributed by atoms with Crippen LogP contribution in [0.3, 0.4) is 0 Å². The fourth-order valence-electron chi connectivity index (χ4n) is 0.419. The molecule has 0 fully saturated rings. The van der Waals surface area contributed by atoms with Crippen LogP contribution in [0.15, 0.2) is 0 Å². The molecular weight excluding hydrogens is 142 g/mol. The number of rotatable bonds is 4. The molecule has 1 amide bonds. The number of terminal acetylenes is 2. The van der Waals surface area contributed by atoms with E-state index in [-0.39, 0.29) is 6.61 Å². The first-order valence-corrected chi connectivity index (χ1v) is 3.07. The van der Waals surface area contributed by atoms with E-state index >= 15 is 0 Å². The molecule has 0 aromatic rings. The molecule has 0 aromatic heterocycles. The minimum absolute atomic E-state index is 0.256. The number of carbonyl (C=O) groups is 1. The molecule has 3 nitrogen and oxygen atoms in total. The lowest BCUT2D eigenvalue weighted by atomic mass is 10.6. The summed E-state index contributed by atoms with van der Waals surface area (Å²) in [6.45, 7) is 1.04. The highest BCUT2D eigenvalue weighted by molar-refractivity contribution is 5.92. The molecule has 0 bridgehead atoms. The van der Waals surface area contributed by atoms with E-state index in [1.165, 1.54) is 0 Å². The summed E-state index contributed by atoms with van der Waals surface area (Å²) in [6, 6.07) is 0. The Morgan fingerprint density at radius 3 is 2.82 bits per heavy atom. The number of carbonyl (C=O) groups excluding carboxylic acids is 1. The Balaban J connectivity index is 3.11. The number of hydrogen-bond acceptors (Lipinski definition) is 2. The van der Waals surface area contributed by atoms with Crippen LogP contribution in [0.5, 0.6) is 0 Å². The number of ether oxygens (including phenoxy) is 1. The lowest BCUT2D eigenvalue weighted by molar-refractivity contribution is -0.115. The smallest absolute Gasteiger partial charge is 0.295 e. The molecule has 1 N–H and O–H groups in total. The first-order chi connectivity index (χ1) is 5.31. The maximum Gasteiger partial charge on any atom is 0.295 e. The molecule has 0 saturated carbocycles. The van der Waals surface area contributed by atoms with Crippen LogP contribution < -0.4 is 5.32 Å². The van der Waals surface area contributed by atoms with Crippen LogP contribution in [-0.4, -0.2) is 25.7 Å². The average Bonchev–Trinajstić information content (AvgIpc) is 2.04. The van der Waals surface area contributed by atoms with E-state index in [0.29, 0.717) is 13.2 Å². The minimum atomic E-state index is -0.436. The third-order valence-electron chi connectivity index (χ3n) is 0.848. The Kier molecular flexibility index (Phi) is 5.79. The van der Waals surface area contributed by atoms with Crippen LogP contribution in [0.1, 0.15) is 0 Å². The Hall–Kier alpha value is -1.45. The Morgan fingerprint density at radius 1 is 1.55 bits per heavy atom. The summed E-state index contributed by atoms with van der Waals surface area (Å²) in [6.07, 6.45) is 9.68. The van der Waals surface area contributed by atoms with Crippen LogP contribution in [0.4, 0.5) is 0 Å². The third kappa shape index (κ3) is 6.44. The first kappa shape index (κ1) is 9.55. The van der Waals surface area contributed by atoms with Crippen LogP contribution >= 0.6 is 0 Å². The zero-order valence-corrected chi connectivity index (χ0v) is 6.09. The van der Waals surface area contributed by atoms with Gasteiger partial charge in [-0.15, -0.1) is 12.8 Å². The molecule has 0 heterocycles. The maximum absolute atomic E-state index is 10.4. The van der Waals surface area contributed by atoms with Crippen molar-refractivity contribution >= 4 is 5.91 Å². The summed E-state index contributed by atoms with van der Waals surface area (Å²) in [5.41, 5.74) is 0. The molecule has 0 aliphatic rings. The van der Waals surface area contributed by atoms with Crippen LogP contribution in [0.25, 0.3) is 0 Å². The second-order valence-corrected chi connectivity index (χ2v) is 1.66. The maximum atomic E-state index is 10.4. The normalized spacial score (nSPS) is 7.82. The van der Waals surface area contributed by atoms with Gasteiger partial charge >= 0.3 is 0 Å². The van der Waals surface area contributed by atoms with Gasteiger partial charge in [0.15, 0.2) is 0 Å². The number of hydrogen-bond donors (Lipinski definition) is 1. The summed E-state index contributed by atoms with van der Waals surface area (Å²) >= 11 is 0. The van der Waals surface area contributed by atoms with E-state index < -0.39 is 5.91 Å². The van der Waals surface area contributed by atoms with Crippen molar-refractivity contribution in [2.24, 2.45) is 0 Å². The second-order valence-electron chi connectivity index (χ2n) is 1.66. The van der Waals surface area contributed by atoms with Gasteiger partial charge in [0.05, 0.1) is 6.61 Å². The van der Waals surface area contributed by atoms with E-state index in [9.17, 15) is 4.79 Å². The SMILES string of the molecule is C#CCOCCNC(=O)C#C. The van der Waals surface area contributed by atoms with Gasteiger partial charge < -0.3 is 10.1 Å². The van der Waals surface area contributed by atoms with Gasteiger partial charge in [-0.25, -0.2) is 0 Å². The van der Waals surface area contributed by atoms with Crippen molar-refractivity contribution in [3.8, 4) is 24.7 Å². The summed E-state index contributed by atoms with van der Waals surface area (Å²) in [7, 11) is 0. The van der Waals surface area contributed by atoms with Gasteiger partial charge in [-0.3, -0.25) is 4.79 Å². The molecule has 11 heavy (non-hydrogen) atoms. The quantitative estimate of drug-likeness (QED) is 0.430. The predicted octanol–water partition coefficient (Wildman–Crippen LogP) is -0.614. The molecule has 3 heteroatoms. The highest BCUT2D eigenvalue weighted by Crippen LogP contribution is 1.70. The van der Waals surface area contributed by atoms with Crippen LogP contribution in [-0.2, 0) is 9.53 Å². The molecule has 0 radical (unpaired) electrons. The molecule has 0 unspecified atom stereocenters. The molecule has 0 aliphatic carbocycles.